The van der Waals surface area contributed by atoms with E-state index in [9.17, 15) is 4.79 Å². The molecule has 158 valence electrons. The highest BCUT2D eigenvalue weighted by Crippen LogP contribution is 2.36. The molecule has 1 unspecified atom stereocenters. The lowest BCUT2D eigenvalue weighted by atomic mass is 9.87. The minimum atomic E-state index is 0.101. The Balaban J connectivity index is 1.39. The third-order valence-electron chi connectivity index (χ3n) is 5.53. The van der Waals surface area contributed by atoms with Crippen molar-refractivity contribution >= 4 is 29.0 Å². The molecule has 1 amide bonds. The molecule has 1 aliphatic rings. The van der Waals surface area contributed by atoms with Crippen molar-refractivity contribution in [2.75, 3.05) is 12.3 Å². The Morgan fingerprint density at radius 3 is 2.70 bits per heavy atom. The van der Waals surface area contributed by atoms with Gasteiger partial charge in [0, 0.05) is 17.0 Å². The van der Waals surface area contributed by atoms with E-state index in [0.717, 1.165) is 24.9 Å². The standard InChI is InChI=1S/C23H27N3O2S2/c1-5-18-17-11-13-29-19(17)10-12-26(18)20(27)14-30-22-25-24-21(28-22)15-6-8-16(9-7-15)23(2,3)4/h6-9,11,13,18H,5,10,12,14H2,1-4H3. The largest absolute Gasteiger partial charge is 0.411 e. The first-order valence-electron chi connectivity index (χ1n) is 10.3. The fourth-order valence-electron chi connectivity index (χ4n) is 3.84. The van der Waals surface area contributed by atoms with Gasteiger partial charge in [-0.3, -0.25) is 4.79 Å². The summed E-state index contributed by atoms with van der Waals surface area (Å²) in [5.74, 6) is 0.913. The van der Waals surface area contributed by atoms with E-state index >= 15 is 0 Å². The van der Waals surface area contributed by atoms with Crippen LogP contribution in [0.5, 0.6) is 0 Å². The molecule has 0 spiro atoms. The zero-order chi connectivity index (χ0) is 21.3. The Bertz CT molecular complexity index is 1020. The molecule has 0 fully saturated rings. The third kappa shape index (κ3) is 4.32. The van der Waals surface area contributed by atoms with E-state index in [2.05, 4.69) is 61.5 Å². The Morgan fingerprint density at radius 1 is 1.23 bits per heavy atom. The van der Waals surface area contributed by atoms with Gasteiger partial charge in [0.15, 0.2) is 0 Å². The Morgan fingerprint density at radius 2 is 2.00 bits per heavy atom. The lowest BCUT2D eigenvalue weighted by Crippen LogP contribution is -2.40. The summed E-state index contributed by atoms with van der Waals surface area (Å²) in [6.07, 6.45) is 1.87. The Labute approximate surface area is 185 Å². The van der Waals surface area contributed by atoms with Gasteiger partial charge in [0.25, 0.3) is 5.22 Å². The summed E-state index contributed by atoms with van der Waals surface area (Å²) in [4.78, 5) is 16.3. The Kier molecular flexibility index (Phi) is 6.02. The lowest BCUT2D eigenvalue weighted by molar-refractivity contribution is -0.131. The van der Waals surface area contributed by atoms with E-state index in [1.807, 2.05) is 17.0 Å². The summed E-state index contributed by atoms with van der Waals surface area (Å²) in [5, 5.41) is 10.8. The number of nitrogens with zero attached hydrogens (tertiary/aromatic N) is 3. The first kappa shape index (κ1) is 21.1. The third-order valence-corrected chi connectivity index (χ3v) is 7.33. The first-order chi connectivity index (χ1) is 14.4. The summed E-state index contributed by atoms with van der Waals surface area (Å²) in [5.41, 5.74) is 3.56. The molecule has 30 heavy (non-hydrogen) atoms. The molecule has 0 bridgehead atoms. The molecule has 0 saturated carbocycles. The molecule has 1 aromatic carbocycles. The van der Waals surface area contributed by atoms with Crippen molar-refractivity contribution in [1.82, 2.24) is 15.1 Å². The molecule has 0 radical (unpaired) electrons. The van der Waals surface area contributed by atoms with Gasteiger partial charge in [-0.25, -0.2) is 0 Å². The average Bonchev–Trinajstić information content (AvgIpc) is 3.40. The van der Waals surface area contributed by atoms with E-state index in [1.54, 1.807) is 11.3 Å². The van der Waals surface area contributed by atoms with Crippen LogP contribution in [0.25, 0.3) is 11.5 Å². The van der Waals surface area contributed by atoms with Crippen molar-refractivity contribution in [2.24, 2.45) is 0 Å². The van der Waals surface area contributed by atoms with Crippen LogP contribution in [0.1, 0.15) is 56.2 Å². The number of benzene rings is 1. The monoisotopic (exact) mass is 441 g/mol. The number of carbonyl (C=O) groups excluding carboxylic acids is 1. The number of hydrogen-bond acceptors (Lipinski definition) is 6. The first-order valence-corrected chi connectivity index (χ1v) is 12.2. The zero-order valence-corrected chi connectivity index (χ0v) is 19.5. The van der Waals surface area contributed by atoms with Crippen LogP contribution in [0.4, 0.5) is 0 Å². The summed E-state index contributed by atoms with van der Waals surface area (Å²) < 4.78 is 5.80. The van der Waals surface area contributed by atoms with Crippen LogP contribution < -0.4 is 0 Å². The second kappa shape index (κ2) is 8.55. The van der Waals surface area contributed by atoms with Crippen LogP contribution in [-0.2, 0) is 16.6 Å². The quantitative estimate of drug-likeness (QED) is 0.474. The molecule has 0 aliphatic carbocycles. The van der Waals surface area contributed by atoms with Gasteiger partial charge in [0.05, 0.1) is 11.8 Å². The van der Waals surface area contributed by atoms with Gasteiger partial charge >= 0.3 is 0 Å². The number of rotatable bonds is 5. The minimum absolute atomic E-state index is 0.101. The van der Waals surface area contributed by atoms with Crippen LogP contribution >= 0.6 is 23.1 Å². The predicted octanol–water partition coefficient (Wildman–Crippen LogP) is 5.72. The van der Waals surface area contributed by atoms with E-state index in [0.29, 0.717) is 16.9 Å². The van der Waals surface area contributed by atoms with Crippen molar-refractivity contribution in [3.63, 3.8) is 0 Å². The summed E-state index contributed by atoms with van der Waals surface area (Å²) in [6.45, 7) is 9.47. The number of thioether (sulfide) groups is 1. The minimum Gasteiger partial charge on any atom is -0.411 e. The molecule has 3 heterocycles. The fourth-order valence-corrected chi connectivity index (χ4v) is 5.42. The van der Waals surface area contributed by atoms with Crippen LogP contribution in [0.3, 0.4) is 0 Å². The van der Waals surface area contributed by atoms with Crippen LogP contribution in [-0.4, -0.2) is 33.3 Å². The molecular formula is C23H27N3O2S2. The topological polar surface area (TPSA) is 59.2 Å². The van der Waals surface area contributed by atoms with E-state index in [-0.39, 0.29) is 17.4 Å². The number of hydrogen-bond donors (Lipinski definition) is 0. The molecule has 0 N–H and O–H groups in total. The number of aromatic nitrogens is 2. The van der Waals surface area contributed by atoms with Crippen molar-refractivity contribution in [3.05, 3.63) is 51.7 Å². The molecular weight excluding hydrogens is 414 g/mol. The molecule has 0 saturated heterocycles. The molecule has 1 atom stereocenters. The van der Waals surface area contributed by atoms with Gasteiger partial charge < -0.3 is 9.32 Å². The molecule has 3 aromatic rings. The second-order valence-electron chi connectivity index (χ2n) is 8.55. The normalized spacial score (nSPS) is 16.5. The van der Waals surface area contributed by atoms with Gasteiger partial charge in [0.1, 0.15) is 0 Å². The molecule has 4 rings (SSSR count). The number of fused-ring (bicyclic) bond motifs is 1. The van der Waals surface area contributed by atoms with Gasteiger partial charge in [0.2, 0.25) is 11.8 Å². The highest BCUT2D eigenvalue weighted by Gasteiger charge is 2.30. The van der Waals surface area contributed by atoms with Crippen LogP contribution in [0, 0.1) is 0 Å². The Hall–Kier alpha value is -2.12. The number of thiophene rings is 1. The van der Waals surface area contributed by atoms with Gasteiger partial charge in [-0.2, -0.15) is 0 Å². The second-order valence-corrected chi connectivity index (χ2v) is 10.5. The molecule has 2 aromatic heterocycles. The molecule has 5 nitrogen and oxygen atoms in total. The van der Waals surface area contributed by atoms with Gasteiger partial charge in [-0.15, -0.1) is 21.5 Å². The highest BCUT2D eigenvalue weighted by atomic mass is 32.2. The average molecular weight is 442 g/mol. The summed E-state index contributed by atoms with van der Waals surface area (Å²) in [6, 6.07) is 10.5. The van der Waals surface area contributed by atoms with E-state index in [1.165, 1.54) is 27.8 Å². The maximum atomic E-state index is 12.9. The zero-order valence-electron chi connectivity index (χ0n) is 17.8. The van der Waals surface area contributed by atoms with Crippen LogP contribution in [0.2, 0.25) is 0 Å². The lowest BCUT2D eigenvalue weighted by Gasteiger charge is -2.35. The van der Waals surface area contributed by atoms with Crippen molar-refractivity contribution < 1.29 is 9.21 Å². The smallest absolute Gasteiger partial charge is 0.277 e. The maximum Gasteiger partial charge on any atom is 0.277 e. The van der Waals surface area contributed by atoms with Gasteiger partial charge in [-0.1, -0.05) is 51.6 Å². The summed E-state index contributed by atoms with van der Waals surface area (Å²) >= 11 is 3.11. The van der Waals surface area contributed by atoms with Gasteiger partial charge in [-0.05, 0) is 53.0 Å². The molecule has 1 aliphatic heterocycles. The van der Waals surface area contributed by atoms with E-state index in [4.69, 9.17) is 4.42 Å². The SMILES string of the molecule is CCC1c2ccsc2CCN1C(=O)CSc1nnc(-c2ccc(C(C)(C)C)cc2)o1. The van der Waals surface area contributed by atoms with Crippen LogP contribution in [0.15, 0.2) is 45.4 Å². The summed E-state index contributed by atoms with van der Waals surface area (Å²) in [7, 11) is 0. The van der Waals surface area contributed by atoms with Crippen molar-refractivity contribution in [3.8, 4) is 11.5 Å². The maximum absolute atomic E-state index is 12.9. The van der Waals surface area contributed by atoms with E-state index < -0.39 is 0 Å². The fraction of sp³-hybridized carbons (Fsp3) is 0.435. The molecule has 7 heteroatoms. The number of amides is 1. The van der Waals surface area contributed by atoms with Crippen molar-refractivity contribution in [1.29, 1.82) is 0 Å². The highest BCUT2D eigenvalue weighted by molar-refractivity contribution is 7.99. The predicted molar refractivity (Wildman–Crippen MR) is 122 cm³/mol. The van der Waals surface area contributed by atoms with Crippen molar-refractivity contribution in [2.45, 2.75) is 57.2 Å². The number of carbonyl (C=O) groups is 1.